The minimum absolute atomic E-state index is 0.0364. The molecule has 0 saturated heterocycles. The van der Waals surface area contributed by atoms with Gasteiger partial charge in [-0.25, -0.2) is 9.78 Å². The van der Waals surface area contributed by atoms with Crippen LogP contribution in [0.3, 0.4) is 0 Å². The monoisotopic (exact) mass is 897 g/mol. The summed E-state index contributed by atoms with van der Waals surface area (Å²) < 4.78 is 31.5. The number of rotatable bonds is 22. The van der Waals surface area contributed by atoms with E-state index in [9.17, 15) is 44.0 Å². The second-order valence-corrected chi connectivity index (χ2v) is 18.6. The van der Waals surface area contributed by atoms with Gasteiger partial charge < -0.3 is 29.9 Å². The number of nitrogens with zero attached hydrogens (tertiary/aromatic N) is 4. The quantitative estimate of drug-likeness (QED) is 0.0303. The zero-order valence-electron chi connectivity index (χ0n) is 36.7. The molecule has 1 aliphatic rings. The number of esters is 1. The molecule has 5 atom stereocenters. The summed E-state index contributed by atoms with van der Waals surface area (Å²) in [5, 5.41) is 31.6. The van der Waals surface area contributed by atoms with Gasteiger partial charge in [0.2, 0.25) is 11.8 Å². The van der Waals surface area contributed by atoms with Gasteiger partial charge in [-0.3, -0.25) is 43.7 Å². The second kappa shape index (κ2) is 23.7. The Morgan fingerprint density at radius 2 is 1.62 bits per heavy atom. The smallest absolute Gasteiger partial charge is 0.408 e. The molecule has 0 bridgehead atoms. The van der Waals surface area contributed by atoms with Crippen molar-refractivity contribution >= 4 is 43.3 Å². The molecule has 4 rings (SSSR count). The van der Waals surface area contributed by atoms with Gasteiger partial charge in [-0.15, -0.1) is 0 Å². The minimum atomic E-state index is -2.94. The molecule has 0 aliphatic heterocycles. The molecule has 3 amide bonds. The largest absolute Gasteiger partial charge is 0.469 e. The Labute approximate surface area is 367 Å². The molecule has 3 N–H and O–H groups in total. The summed E-state index contributed by atoms with van der Waals surface area (Å²) in [5.74, 6) is -2.43. The number of nitrogens with one attached hydrogen (secondary N) is 3. The number of carbonyl (C=O) groups is 4. The maximum absolute atomic E-state index is 14.5. The number of alkyl carbamates (subject to hydrolysis) is 1. The number of aryl methyl sites for hydroxylation is 1. The van der Waals surface area contributed by atoms with Crippen LogP contribution < -0.4 is 16.0 Å². The van der Waals surface area contributed by atoms with Crippen molar-refractivity contribution in [1.29, 1.82) is 0 Å². The van der Waals surface area contributed by atoms with E-state index in [0.29, 0.717) is 19.3 Å². The molecule has 1 heterocycles. The van der Waals surface area contributed by atoms with Crippen LogP contribution in [0, 0.1) is 38.0 Å². The third-order valence-electron chi connectivity index (χ3n) is 10.5. The van der Waals surface area contributed by atoms with Gasteiger partial charge in [0.15, 0.2) is 8.03 Å². The molecule has 1 fully saturated rings. The molecule has 0 radical (unpaired) electrons. The zero-order chi connectivity index (χ0) is 46.3. The number of ether oxygens (including phenoxy) is 2. The lowest BCUT2D eigenvalue weighted by atomic mass is 9.86. The Morgan fingerprint density at radius 1 is 0.937 bits per heavy atom. The molecule has 19 nitrogen and oxygen atoms in total. The number of benzene rings is 2. The number of carbonyl (C=O) groups excluding carboxylic acids is 4. The summed E-state index contributed by atoms with van der Waals surface area (Å²) in [6.45, 7) is 8.89. The highest BCUT2D eigenvalue weighted by Crippen LogP contribution is 2.35. The minimum Gasteiger partial charge on any atom is -0.469 e. The van der Waals surface area contributed by atoms with E-state index in [1.54, 1.807) is 20.8 Å². The van der Waals surface area contributed by atoms with E-state index in [1.807, 2.05) is 44.2 Å². The molecular weight excluding hydrogens is 837 g/mol. The van der Waals surface area contributed by atoms with Crippen molar-refractivity contribution in [3.8, 4) is 5.69 Å². The van der Waals surface area contributed by atoms with E-state index >= 15 is 0 Å². The number of methoxy groups -OCH3 is 1. The second-order valence-electron chi connectivity index (χ2n) is 17.2. The Kier molecular flexibility index (Phi) is 18.8. The highest BCUT2D eigenvalue weighted by atomic mass is 31.1. The fraction of sp³-hybridized carbons (Fsp3) is 0.558. The van der Waals surface area contributed by atoms with Crippen LogP contribution in [0.5, 0.6) is 0 Å². The standard InChI is InChI=1S/C43H60N7O12P/c1-28(2)21-31(41(53)60-6)26-63(59)62-38(22-30-15-11-8-12-16-30)47-40(52)35(23-32-25-48(27-44-32)36-20-18-33(49(55)56)24-37(36)50(57)58)45-39(51)34(46-42(54)61-43(3,4)5)19-17-29-13-9-7-10-14-29/h7,9-10,13-14,18,20,24-25,27-28,30-31,34-35,38,63H,8,11-12,15-17,19,21-23,26H2,1-6H3,(H,45,51)(H,46,54)(H,47,52)/t31?,34?,35-,38?/m0/s1. The van der Waals surface area contributed by atoms with Crippen LogP contribution >= 0.6 is 8.03 Å². The predicted octanol–water partition coefficient (Wildman–Crippen LogP) is 6.98. The van der Waals surface area contributed by atoms with Crippen LogP contribution in [0.15, 0.2) is 61.1 Å². The first-order valence-electron chi connectivity index (χ1n) is 21.2. The number of hydrogen-bond acceptors (Lipinski definition) is 13. The van der Waals surface area contributed by atoms with E-state index in [-0.39, 0.29) is 42.2 Å². The molecule has 2 aromatic carbocycles. The SMILES string of the molecule is COC(=O)C(CC(C)C)C[PH](=O)OC(CC1CCCCC1)NC(=O)[C@H](Cc1cn(-c2ccc([N+](=O)[O-])cc2[N+](=O)[O-])cn1)NC(=O)C(CCc1ccccc1)NC(=O)OC(C)(C)C. The summed E-state index contributed by atoms with van der Waals surface area (Å²) in [6.07, 6.45) is 6.30. The fourth-order valence-electron chi connectivity index (χ4n) is 7.48. The van der Waals surface area contributed by atoms with Crippen molar-refractivity contribution < 1.29 is 47.6 Å². The third kappa shape index (κ3) is 16.5. The van der Waals surface area contributed by atoms with E-state index < -0.39 is 83.0 Å². The number of amides is 3. The van der Waals surface area contributed by atoms with Crippen molar-refractivity contribution in [1.82, 2.24) is 25.5 Å². The first kappa shape index (κ1) is 50.0. The van der Waals surface area contributed by atoms with Gasteiger partial charge >= 0.3 is 12.1 Å². The molecule has 20 heteroatoms. The van der Waals surface area contributed by atoms with Crippen LogP contribution in [0.1, 0.15) is 97.2 Å². The molecule has 3 aromatic rings. The lowest BCUT2D eigenvalue weighted by Crippen LogP contribution is -2.56. The van der Waals surface area contributed by atoms with E-state index in [2.05, 4.69) is 20.9 Å². The molecule has 63 heavy (non-hydrogen) atoms. The molecule has 1 aromatic heterocycles. The summed E-state index contributed by atoms with van der Waals surface area (Å²) in [6, 6.07) is 9.85. The zero-order valence-corrected chi connectivity index (χ0v) is 37.7. The van der Waals surface area contributed by atoms with Crippen molar-refractivity contribution in [2.75, 3.05) is 13.3 Å². The maximum Gasteiger partial charge on any atom is 0.408 e. The summed E-state index contributed by atoms with van der Waals surface area (Å²) in [5.41, 5.74) is -0.887. The fourth-order valence-corrected chi connectivity index (χ4v) is 8.79. The van der Waals surface area contributed by atoms with Crippen molar-refractivity contribution in [3.05, 3.63) is 92.5 Å². The highest BCUT2D eigenvalue weighted by Gasteiger charge is 2.33. The van der Waals surface area contributed by atoms with Crippen molar-refractivity contribution in [2.45, 2.75) is 123 Å². The lowest BCUT2D eigenvalue weighted by molar-refractivity contribution is -0.394. The Morgan fingerprint density at radius 3 is 2.24 bits per heavy atom. The van der Waals surface area contributed by atoms with Crippen LogP contribution in [-0.2, 0) is 45.8 Å². The van der Waals surface area contributed by atoms with Crippen LogP contribution in [0.2, 0.25) is 0 Å². The molecule has 4 unspecified atom stereocenters. The Bertz CT molecular complexity index is 2070. The first-order valence-corrected chi connectivity index (χ1v) is 22.7. The van der Waals surface area contributed by atoms with E-state index in [0.717, 1.165) is 49.8 Å². The van der Waals surface area contributed by atoms with Crippen molar-refractivity contribution in [3.63, 3.8) is 0 Å². The number of imidazole rings is 1. The maximum atomic E-state index is 14.5. The summed E-state index contributed by atoms with van der Waals surface area (Å²) in [4.78, 5) is 80.6. The Hall–Kier alpha value is -5.68. The number of aromatic nitrogens is 2. The molecule has 1 saturated carbocycles. The average Bonchev–Trinajstić information content (AvgIpc) is 3.69. The van der Waals surface area contributed by atoms with Crippen molar-refractivity contribution in [2.24, 2.45) is 17.8 Å². The summed E-state index contributed by atoms with van der Waals surface area (Å²) >= 11 is 0. The number of nitro benzene ring substituents is 2. The van der Waals surface area contributed by atoms with Crippen LogP contribution in [-0.4, -0.2) is 80.5 Å². The number of nitro groups is 2. The van der Waals surface area contributed by atoms with Gasteiger partial charge in [0.05, 0.1) is 41.0 Å². The van der Waals surface area contributed by atoms with Gasteiger partial charge in [0.25, 0.3) is 11.4 Å². The first-order chi connectivity index (χ1) is 29.8. The van der Waals surface area contributed by atoms with Crippen LogP contribution in [0.25, 0.3) is 5.69 Å². The summed E-state index contributed by atoms with van der Waals surface area (Å²) in [7, 11) is -1.67. The molecule has 344 valence electrons. The van der Waals surface area contributed by atoms with Gasteiger partial charge in [0, 0.05) is 24.8 Å². The molecular formula is C43H60N7O12P. The van der Waals surface area contributed by atoms with E-state index in [4.69, 9.17) is 14.0 Å². The van der Waals surface area contributed by atoms with Gasteiger partial charge in [0.1, 0.15) is 29.6 Å². The highest BCUT2D eigenvalue weighted by molar-refractivity contribution is 7.39. The lowest BCUT2D eigenvalue weighted by Gasteiger charge is -2.29. The van der Waals surface area contributed by atoms with Gasteiger partial charge in [-0.05, 0) is 69.9 Å². The van der Waals surface area contributed by atoms with E-state index in [1.165, 1.54) is 30.3 Å². The number of hydrogen-bond donors (Lipinski definition) is 3. The average molecular weight is 898 g/mol. The normalized spacial score (nSPS) is 15.6. The van der Waals surface area contributed by atoms with Gasteiger partial charge in [-0.1, -0.05) is 76.3 Å². The van der Waals surface area contributed by atoms with Crippen LogP contribution in [0.4, 0.5) is 16.2 Å². The topological polar surface area (TPSA) is 253 Å². The molecule has 0 spiro atoms. The third-order valence-corrected chi connectivity index (χ3v) is 11.8. The Balaban J connectivity index is 1.68. The van der Waals surface area contributed by atoms with Gasteiger partial charge in [-0.2, -0.15) is 0 Å². The molecule has 1 aliphatic carbocycles. The predicted molar refractivity (Wildman–Crippen MR) is 233 cm³/mol. The number of non-ortho nitro benzene ring substituents is 1.